The minimum atomic E-state index is 0.182. The summed E-state index contributed by atoms with van der Waals surface area (Å²) in [6.07, 6.45) is 5.59. The Kier molecular flexibility index (Phi) is 3.39. The number of carbonyl (C=O) groups excluding carboxylic acids is 1. The molecule has 0 bridgehead atoms. The van der Waals surface area contributed by atoms with Crippen molar-refractivity contribution in [1.29, 1.82) is 0 Å². The Balaban J connectivity index is 1.90. The molecule has 1 aliphatic rings. The molecular formula is C12H18N2O2. The molecule has 1 aromatic heterocycles. The molecule has 1 atom stereocenters. The maximum Gasteiger partial charge on any atom is 0.166 e. The highest BCUT2D eigenvalue weighted by Crippen LogP contribution is 2.19. The first-order valence-electron chi connectivity index (χ1n) is 5.82. The number of hydrogen-bond acceptors (Lipinski definition) is 3. The number of aryl methyl sites for hydroxylation is 1. The summed E-state index contributed by atoms with van der Waals surface area (Å²) in [7, 11) is 1.85. The van der Waals surface area contributed by atoms with Crippen molar-refractivity contribution >= 4 is 5.78 Å². The third-order valence-corrected chi connectivity index (χ3v) is 3.25. The smallest absolute Gasteiger partial charge is 0.166 e. The molecule has 1 aromatic rings. The molecule has 4 nitrogen and oxygen atoms in total. The van der Waals surface area contributed by atoms with E-state index in [1.54, 1.807) is 10.9 Å². The van der Waals surface area contributed by atoms with Crippen LogP contribution in [0.5, 0.6) is 0 Å². The van der Waals surface area contributed by atoms with E-state index < -0.39 is 0 Å². The van der Waals surface area contributed by atoms with E-state index in [9.17, 15) is 4.79 Å². The summed E-state index contributed by atoms with van der Waals surface area (Å²) in [4.78, 5) is 11.9. The van der Waals surface area contributed by atoms with Crippen molar-refractivity contribution in [1.82, 2.24) is 9.78 Å². The van der Waals surface area contributed by atoms with Gasteiger partial charge in [0.05, 0.1) is 17.9 Å². The maximum atomic E-state index is 11.9. The van der Waals surface area contributed by atoms with E-state index in [1.165, 1.54) is 0 Å². The van der Waals surface area contributed by atoms with Gasteiger partial charge in [-0.25, -0.2) is 0 Å². The predicted octanol–water partition coefficient (Wildman–Crippen LogP) is 1.87. The normalized spacial score (nSPS) is 20.2. The van der Waals surface area contributed by atoms with Crippen LogP contribution >= 0.6 is 0 Å². The average molecular weight is 222 g/mol. The zero-order valence-electron chi connectivity index (χ0n) is 9.90. The second kappa shape index (κ2) is 4.78. The summed E-state index contributed by atoms with van der Waals surface area (Å²) >= 11 is 0. The first-order valence-corrected chi connectivity index (χ1v) is 5.82. The molecule has 0 N–H and O–H groups in total. The minimum absolute atomic E-state index is 0.182. The third kappa shape index (κ3) is 2.32. The fourth-order valence-electron chi connectivity index (χ4n) is 2.07. The van der Waals surface area contributed by atoms with Crippen LogP contribution in [0.3, 0.4) is 0 Å². The number of ketones is 1. The summed E-state index contributed by atoms with van der Waals surface area (Å²) in [5.74, 6) is 0.182. The molecule has 1 unspecified atom stereocenters. The number of Topliss-reactive ketones (excluding diaryl/α,β-unsaturated/α-hetero) is 1. The van der Waals surface area contributed by atoms with Crippen LogP contribution in [-0.4, -0.2) is 28.3 Å². The quantitative estimate of drug-likeness (QED) is 0.730. The largest absolute Gasteiger partial charge is 0.378 e. The van der Waals surface area contributed by atoms with Gasteiger partial charge in [0.25, 0.3) is 0 Å². The van der Waals surface area contributed by atoms with Crippen LogP contribution in [0.4, 0.5) is 0 Å². The van der Waals surface area contributed by atoms with Crippen molar-refractivity contribution in [3.8, 4) is 0 Å². The Morgan fingerprint density at radius 2 is 2.50 bits per heavy atom. The first-order chi connectivity index (χ1) is 7.68. The van der Waals surface area contributed by atoms with Gasteiger partial charge in [0.1, 0.15) is 0 Å². The molecular weight excluding hydrogens is 204 g/mol. The summed E-state index contributed by atoms with van der Waals surface area (Å²) in [5.41, 5.74) is 1.69. The Hall–Kier alpha value is -1.16. The second-order valence-electron chi connectivity index (χ2n) is 4.36. The van der Waals surface area contributed by atoms with E-state index in [0.717, 1.165) is 37.1 Å². The van der Waals surface area contributed by atoms with Gasteiger partial charge in [-0.2, -0.15) is 5.10 Å². The second-order valence-corrected chi connectivity index (χ2v) is 4.36. The molecule has 2 heterocycles. The molecule has 1 saturated heterocycles. The molecule has 0 aromatic carbocycles. The SMILES string of the molecule is Cc1c(C(=O)CCC2CCCO2)cnn1C. The van der Waals surface area contributed by atoms with Crippen LogP contribution in [0.2, 0.25) is 0 Å². The summed E-state index contributed by atoms with van der Waals surface area (Å²) in [5, 5.41) is 4.08. The van der Waals surface area contributed by atoms with Gasteiger partial charge in [0.2, 0.25) is 0 Å². The number of hydrogen-bond donors (Lipinski definition) is 0. The summed E-state index contributed by atoms with van der Waals surface area (Å²) < 4.78 is 7.24. The number of carbonyl (C=O) groups is 1. The lowest BCUT2D eigenvalue weighted by molar-refractivity contribution is 0.0859. The van der Waals surface area contributed by atoms with Crippen molar-refractivity contribution in [2.45, 2.75) is 38.7 Å². The van der Waals surface area contributed by atoms with Crippen LogP contribution in [0.25, 0.3) is 0 Å². The Labute approximate surface area is 95.6 Å². The molecule has 88 valence electrons. The van der Waals surface area contributed by atoms with E-state index in [2.05, 4.69) is 5.10 Å². The van der Waals surface area contributed by atoms with Gasteiger partial charge in [-0.1, -0.05) is 0 Å². The zero-order chi connectivity index (χ0) is 11.5. The molecule has 0 spiro atoms. The lowest BCUT2D eigenvalue weighted by atomic mass is 10.0. The maximum absolute atomic E-state index is 11.9. The molecule has 1 aliphatic heterocycles. The molecule has 2 rings (SSSR count). The standard InChI is InChI=1S/C12H18N2O2/c1-9-11(8-13-14(9)2)12(15)6-5-10-4-3-7-16-10/h8,10H,3-7H2,1-2H3. The van der Waals surface area contributed by atoms with Crippen LogP contribution < -0.4 is 0 Å². The fourth-order valence-corrected chi connectivity index (χ4v) is 2.07. The first kappa shape index (κ1) is 11.3. The van der Waals surface area contributed by atoms with E-state index >= 15 is 0 Å². The fraction of sp³-hybridized carbons (Fsp3) is 0.667. The highest BCUT2D eigenvalue weighted by atomic mass is 16.5. The molecule has 1 fully saturated rings. The lowest BCUT2D eigenvalue weighted by Crippen LogP contribution is -2.09. The van der Waals surface area contributed by atoms with Crippen molar-refractivity contribution in [3.63, 3.8) is 0 Å². The van der Waals surface area contributed by atoms with Crippen molar-refractivity contribution in [2.75, 3.05) is 6.61 Å². The molecule has 0 amide bonds. The van der Waals surface area contributed by atoms with Gasteiger partial charge < -0.3 is 4.74 Å². The average Bonchev–Trinajstić information content (AvgIpc) is 2.88. The van der Waals surface area contributed by atoms with E-state index in [-0.39, 0.29) is 5.78 Å². The molecule has 4 heteroatoms. The lowest BCUT2D eigenvalue weighted by Gasteiger charge is -2.07. The number of nitrogens with zero attached hydrogens (tertiary/aromatic N) is 2. The summed E-state index contributed by atoms with van der Waals surface area (Å²) in [6.45, 7) is 2.77. The topological polar surface area (TPSA) is 44.1 Å². The predicted molar refractivity (Wildman–Crippen MR) is 60.5 cm³/mol. The minimum Gasteiger partial charge on any atom is -0.378 e. The zero-order valence-corrected chi connectivity index (χ0v) is 9.90. The van der Waals surface area contributed by atoms with Gasteiger partial charge in [-0.15, -0.1) is 0 Å². The van der Waals surface area contributed by atoms with Gasteiger partial charge in [0, 0.05) is 25.8 Å². The van der Waals surface area contributed by atoms with Crippen LogP contribution in [0, 0.1) is 6.92 Å². The number of rotatable bonds is 4. The van der Waals surface area contributed by atoms with E-state index in [0.29, 0.717) is 12.5 Å². The highest BCUT2D eigenvalue weighted by molar-refractivity contribution is 5.96. The highest BCUT2D eigenvalue weighted by Gasteiger charge is 2.18. The number of ether oxygens (including phenoxy) is 1. The Bertz CT molecular complexity index is 378. The molecule has 16 heavy (non-hydrogen) atoms. The van der Waals surface area contributed by atoms with E-state index in [1.807, 2.05) is 14.0 Å². The van der Waals surface area contributed by atoms with Gasteiger partial charge in [-0.3, -0.25) is 9.48 Å². The van der Waals surface area contributed by atoms with Crippen LogP contribution in [0.15, 0.2) is 6.20 Å². The van der Waals surface area contributed by atoms with Gasteiger partial charge in [-0.05, 0) is 26.2 Å². The van der Waals surface area contributed by atoms with Crippen molar-refractivity contribution < 1.29 is 9.53 Å². The molecule has 0 radical (unpaired) electrons. The number of aromatic nitrogens is 2. The molecule has 0 aliphatic carbocycles. The third-order valence-electron chi connectivity index (χ3n) is 3.25. The van der Waals surface area contributed by atoms with Gasteiger partial charge in [0.15, 0.2) is 5.78 Å². The molecule has 0 saturated carbocycles. The van der Waals surface area contributed by atoms with Crippen LogP contribution in [0.1, 0.15) is 41.7 Å². The van der Waals surface area contributed by atoms with E-state index in [4.69, 9.17) is 4.74 Å². The Morgan fingerprint density at radius 3 is 3.06 bits per heavy atom. The monoisotopic (exact) mass is 222 g/mol. The Morgan fingerprint density at radius 1 is 1.69 bits per heavy atom. The van der Waals surface area contributed by atoms with Crippen molar-refractivity contribution in [2.24, 2.45) is 7.05 Å². The van der Waals surface area contributed by atoms with Crippen LogP contribution in [-0.2, 0) is 11.8 Å². The van der Waals surface area contributed by atoms with Gasteiger partial charge >= 0.3 is 0 Å². The summed E-state index contributed by atoms with van der Waals surface area (Å²) in [6, 6.07) is 0. The van der Waals surface area contributed by atoms with Crippen molar-refractivity contribution in [3.05, 3.63) is 17.5 Å².